The number of rotatable bonds is 4. The van der Waals surface area contributed by atoms with Crippen LogP contribution in [0.25, 0.3) is 0 Å². The van der Waals surface area contributed by atoms with E-state index in [1.807, 2.05) is 6.20 Å². The maximum atomic E-state index is 4.54. The number of hydrogen-bond donors (Lipinski definition) is 1. The van der Waals surface area contributed by atoms with Crippen LogP contribution < -0.4 is 10.2 Å². The van der Waals surface area contributed by atoms with Gasteiger partial charge in [-0.1, -0.05) is 6.92 Å². The highest BCUT2D eigenvalue weighted by atomic mass is 32.2. The van der Waals surface area contributed by atoms with E-state index < -0.39 is 0 Å². The standard InChI is InChI=1S/C14H23N3S/c1-3-15-12(2)13-5-6-16-14(11-13)17-7-4-9-18-10-8-17/h5-6,11-12,15H,3-4,7-10H2,1-2H3. The molecule has 1 aromatic rings. The van der Waals surface area contributed by atoms with Crippen LogP contribution >= 0.6 is 11.8 Å². The molecule has 1 N–H and O–H groups in total. The molecule has 100 valence electrons. The Kier molecular flexibility index (Phi) is 5.32. The number of hydrogen-bond acceptors (Lipinski definition) is 4. The van der Waals surface area contributed by atoms with Crippen LogP contribution in [0.15, 0.2) is 18.3 Å². The van der Waals surface area contributed by atoms with E-state index in [9.17, 15) is 0 Å². The highest BCUT2D eigenvalue weighted by Crippen LogP contribution is 2.20. The van der Waals surface area contributed by atoms with Crippen LogP contribution in [-0.4, -0.2) is 36.1 Å². The number of pyridine rings is 1. The van der Waals surface area contributed by atoms with Gasteiger partial charge in [0.25, 0.3) is 0 Å². The van der Waals surface area contributed by atoms with Gasteiger partial charge < -0.3 is 10.2 Å². The first-order valence-corrected chi connectivity index (χ1v) is 7.98. The third-order valence-electron chi connectivity index (χ3n) is 3.33. The Morgan fingerprint density at radius 3 is 3.17 bits per heavy atom. The number of aromatic nitrogens is 1. The third-order valence-corrected chi connectivity index (χ3v) is 4.37. The molecule has 1 atom stereocenters. The molecule has 1 aliphatic rings. The van der Waals surface area contributed by atoms with Gasteiger partial charge in [-0.15, -0.1) is 0 Å². The summed E-state index contributed by atoms with van der Waals surface area (Å²) >= 11 is 2.05. The molecule has 0 aromatic carbocycles. The van der Waals surface area contributed by atoms with E-state index in [0.29, 0.717) is 6.04 Å². The number of anilines is 1. The molecule has 3 nitrogen and oxygen atoms in total. The molecule has 1 saturated heterocycles. The molecule has 0 saturated carbocycles. The fourth-order valence-electron chi connectivity index (χ4n) is 2.28. The van der Waals surface area contributed by atoms with E-state index >= 15 is 0 Å². The molecule has 18 heavy (non-hydrogen) atoms. The van der Waals surface area contributed by atoms with Crippen molar-refractivity contribution in [2.24, 2.45) is 0 Å². The summed E-state index contributed by atoms with van der Waals surface area (Å²) in [5.41, 5.74) is 1.33. The van der Waals surface area contributed by atoms with Gasteiger partial charge in [-0.2, -0.15) is 11.8 Å². The Hall–Kier alpha value is -0.740. The Morgan fingerprint density at radius 1 is 1.44 bits per heavy atom. The highest BCUT2D eigenvalue weighted by molar-refractivity contribution is 7.99. The number of nitrogens with one attached hydrogen (secondary N) is 1. The van der Waals surface area contributed by atoms with Crippen molar-refractivity contribution in [1.82, 2.24) is 10.3 Å². The van der Waals surface area contributed by atoms with Gasteiger partial charge in [0.2, 0.25) is 0 Å². The lowest BCUT2D eigenvalue weighted by molar-refractivity contribution is 0.597. The van der Waals surface area contributed by atoms with Crippen molar-refractivity contribution in [3.63, 3.8) is 0 Å². The third kappa shape index (κ3) is 3.62. The van der Waals surface area contributed by atoms with Gasteiger partial charge in [-0.25, -0.2) is 4.98 Å². The van der Waals surface area contributed by atoms with Crippen molar-refractivity contribution in [2.75, 3.05) is 36.0 Å². The summed E-state index contributed by atoms with van der Waals surface area (Å²) in [4.78, 5) is 6.95. The van der Waals surface area contributed by atoms with E-state index in [4.69, 9.17) is 0 Å². The smallest absolute Gasteiger partial charge is 0.128 e. The Balaban J connectivity index is 2.10. The number of nitrogens with zero attached hydrogens (tertiary/aromatic N) is 2. The summed E-state index contributed by atoms with van der Waals surface area (Å²) in [5.74, 6) is 3.64. The Bertz CT molecular complexity index is 362. The van der Waals surface area contributed by atoms with Crippen LogP contribution in [0.1, 0.15) is 31.9 Å². The first-order chi connectivity index (χ1) is 8.81. The van der Waals surface area contributed by atoms with Gasteiger partial charge in [-0.05, 0) is 43.3 Å². The van der Waals surface area contributed by atoms with Crippen molar-refractivity contribution < 1.29 is 0 Å². The molecule has 2 rings (SSSR count). The molecule has 1 unspecified atom stereocenters. The summed E-state index contributed by atoms with van der Waals surface area (Å²) < 4.78 is 0. The Morgan fingerprint density at radius 2 is 2.33 bits per heavy atom. The highest BCUT2D eigenvalue weighted by Gasteiger charge is 2.12. The summed E-state index contributed by atoms with van der Waals surface area (Å²) in [6.07, 6.45) is 3.20. The molecule has 1 aliphatic heterocycles. The molecule has 0 spiro atoms. The van der Waals surface area contributed by atoms with Crippen molar-refractivity contribution in [3.8, 4) is 0 Å². The second kappa shape index (κ2) is 7.00. The molecule has 1 fully saturated rings. The largest absolute Gasteiger partial charge is 0.356 e. The van der Waals surface area contributed by atoms with E-state index in [-0.39, 0.29) is 0 Å². The van der Waals surface area contributed by atoms with Gasteiger partial charge in [0.05, 0.1) is 0 Å². The SMILES string of the molecule is CCNC(C)c1ccnc(N2CCCSCC2)c1. The fraction of sp³-hybridized carbons (Fsp3) is 0.643. The van der Waals surface area contributed by atoms with Crippen LogP contribution in [0.2, 0.25) is 0 Å². The minimum Gasteiger partial charge on any atom is -0.356 e. The van der Waals surface area contributed by atoms with Crippen molar-refractivity contribution in [3.05, 3.63) is 23.9 Å². The van der Waals surface area contributed by atoms with Gasteiger partial charge in [0, 0.05) is 31.1 Å². The molecular weight excluding hydrogens is 242 g/mol. The van der Waals surface area contributed by atoms with E-state index in [0.717, 1.165) is 25.5 Å². The fourth-order valence-corrected chi connectivity index (χ4v) is 3.16. The zero-order chi connectivity index (χ0) is 12.8. The quantitative estimate of drug-likeness (QED) is 0.906. The first-order valence-electron chi connectivity index (χ1n) is 6.83. The van der Waals surface area contributed by atoms with Gasteiger partial charge in [-0.3, -0.25) is 0 Å². The predicted octanol–water partition coefficient (Wildman–Crippen LogP) is 2.70. The van der Waals surface area contributed by atoms with E-state index in [1.54, 1.807) is 0 Å². The van der Waals surface area contributed by atoms with Crippen molar-refractivity contribution >= 4 is 17.6 Å². The summed E-state index contributed by atoms with van der Waals surface area (Å²) in [7, 11) is 0. The lowest BCUT2D eigenvalue weighted by Crippen LogP contribution is -2.27. The molecule has 1 aromatic heterocycles. The van der Waals surface area contributed by atoms with Crippen LogP contribution in [-0.2, 0) is 0 Å². The zero-order valence-electron chi connectivity index (χ0n) is 11.4. The number of thioether (sulfide) groups is 1. The zero-order valence-corrected chi connectivity index (χ0v) is 12.2. The van der Waals surface area contributed by atoms with Crippen LogP contribution in [0.5, 0.6) is 0 Å². The van der Waals surface area contributed by atoms with Crippen LogP contribution in [0.3, 0.4) is 0 Å². The Labute approximate surface area is 114 Å². The van der Waals surface area contributed by atoms with Crippen LogP contribution in [0, 0.1) is 0 Å². The lowest BCUT2D eigenvalue weighted by atomic mass is 10.1. The molecule has 0 amide bonds. The topological polar surface area (TPSA) is 28.2 Å². The molecule has 0 aliphatic carbocycles. The lowest BCUT2D eigenvalue weighted by Gasteiger charge is -2.22. The minimum absolute atomic E-state index is 0.401. The average molecular weight is 265 g/mol. The molecule has 2 heterocycles. The molecule has 4 heteroatoms. The molecule has 0 radical (unpaired) electrons. The minimum atomic E-state index is 0.401. The summed E-state index contributed by atoms with van der Waals surface area (Å²) in [6, 6.07) is 4.75. The summed E-state index contributed by atoms with van der Waals surface area (Å²) in [6.45, 7) is 7.61. The maximum Gasteiger partial charge on any atom is 0.128 e. The van der Waals surface area contributed by atoms with Crippen molar-refractivity contribution in [2.45, 2.75) is 26.3 Å². The van der Waals surface area contributed by atoms with Gasteiger partial charge in [0.15, 0.2) is 0 Å². The second-order valence-corrected chi connectivity index (χ2v) is 5.90. The van der Waals surface area contributed by atoms with Gasteiger partial charge in [0.1, 0.15) is 5.82 Å². The van der Waals surface area contributed by atoms with Crippen molar-refractivity contribution in [1.29, 1.82) is 0 Å². The second-order valence-electron chi connectivity index (χ2n) is 4.68. The van der Waals surface area contributed by atoms with Crippen LogP contribution in [0.4, 0.5) is 5.82 Å². The molecular formula is C14H23N3S. The maximum absolute atomic E-state index is 4.54. The van der Waals surface area contributed by atoms with Gasteiger partial charge >= 0.3 is 0 Å². The monoisotopic (exact) mass is 265 g/mol. The predicted molar refractivity (Wildman–Crippen MR) is 80.5 cm³/mol. The summed E-state index contributed by atoms with van der Waals surface area (Å²) in [5, 5.41) is 3.45. The molecule has 0 bridgehead atoms. The average Bonchev–Trinajstić information content (AvgIpc) is 2.68. The van der Waals surface area contributed by atoms with E-state index in [1.165, 1.54) is 23.5 Å². The van der Waals surface area contributed by atoms with E-state index in [2.05, 4.69) is 52.9 Å². The first kappa shape index (κ1) is 13.7. The normalized spacial score (nSPS) is 18.4.